The number of Topliss-reactive ketones (excluding diaryl/α,β-unsaturated/α-hetero) is 1. The van der Waals surface area contributed by atoms with Gasteiger partial charge < -0.3 is 9.47 Å². The van der Waals surface area contributed by atoms with Gasteiger partial charge in [0.05, 0.1) is 6.61 Å². The minimum Gasteiger partial charge on any atom is -0.466 e. The van der Waals surface area contributed by atoms with Crippen LogP contribution in [0.5, 0.6) is 0 Å². The van der Waals surface area contributed by atoms with E-state index in [1.54, 1.807) is 0 Å². The van der Waals surface area contributed by atoms with Crippen LogP contribution >= 0.6 is 0 Å². The van der Waals surface area contributed by atoms with Gasteiger partial charge in [-0.15, -0.1) is 0 Å². The summed E-state index contributed by atoms with van der Waals surface area (Å²) in [6.07, 6.45) is 10.1. The first-order chi connectivity index (χ1) is 17.1. The largest absolute Gasteiger partial charge is 0.466 e. The molecule has 4 rings (SSSR count). The third kappa shape index (κ3) is 4.66. The highest BCUT2D eigenvalue weighted by Crippen LogP contribution is 2.68. The van der Waals surface area contributed by atoms with Crippen LogP contribution in [0.3, 0.4) is 0 Å². The molecule has 36 heavy (non-hydrogen) atoms. The van der Waals surface area contributed by atoms with Crippen LogP contribution in [0.25, 0.3) is 0 Å². The van der Waals surface area contributed by atoms with Crippen molar-refractivity contribution in [3.63, 3.8) is 0 Å². The summed E-state index contributed by atoms with van der Waals surface area (Å²) < 4.78 is 11.0. The minimum atomic E-state index is -0.112. The second kappa shape index (κ2) is 10.8. The molecule has 0 spiro atoms. The highest BCUT2D eigenvalue weighted by Gasteiger charge is 2.65. The number of hydrogen-bond acceptors (Lipinski definition) is 5. The third-order valence-corrected chi connectivity index (χ3v) is 11.6. The summed E-state index contributed by atoms with van der Waals surface area (Å²) in [7, 11) is 0. The Bertz CT molecular complexity index is 837. The highest BCUT2D eigenvalue weighted by atomic mass is 16.5. The lowest BCUT2D eigenvalue weighted by atomic mass is 9.42. The van der Waals surface area contributed by atoms with Gasteiger partial charge in [0.1, 0.15) is 11.9 Å². The molecule has 5 unspecified atom stereocenters. The van der Waals surface area contributed by atoms with Gasteiger partial charge in [-0.2, -0.15) is 0 Å². The molecule has 0 radical (unpaired) electrons. The molecule has 0 heterocycles. The maximum Gasteiger partial charge on any atom is 0.305 e. The molecule has 0 aromatic heterocycles. The minimum absolute atomic E-state index is 0.0288. The van der Waals surface area contributed by atoms with Crippen molar-refractivity contribution in [1.82, 2.24) is 0 Å². The Morgan fingerprint density at radius 2 is 1.64 bits per heavy atom. The zero-order valence-corrected chi connectivity index (χ0v) is 23.6. The predicted octanol–water partition coefficient (Wildman–Crippen LogP) is 6.76. The lowest BCUT2D eigenvalue weighted by molar-refractivity contribution is -0.179. The van der Waals surface area contributed by atoms with E-state index >= 15 is 0 Å². The molecule has 4 saturated carbocycles. The molecule has 204 valence electrons. The first-order valence-electron chi connectivity index (χ1n) is 15.0. The SMILES string of the molecule is CCOC(=O)CC[C@@H](C)C1CCC2C3C(=O)[C@H](CC)C4C[C@H](OC(=O)CC)CC[C@]4(C)C3CC[C@@]21C. The normalized spacial score (nSPS) is 42.6. The molecule has 5 nitrogen and oxygen atoms in total. The zero-order chi connectivity index (χ0) is 26.3. The fraction of sp³-hybridized carbons (Fsp3) is 0.903. The van der Waals surface area contributed by atoms with Crippen LogP contribution in [-0.4, -0.2) is 30.4 Å². The molecule has 5 heteroatoms. The molecule has 4 aliphatic carbocycles. The summed E-state index contributed by atoms with van der Waals surface area (Å²) in [4.78, 5) is 38.3. The standard InChI is InChI=1S/C31H50O5/c1-7-21-25-18-20(36-26(32)8-2)14-16-31(25,6)24-15-17-30(5)22(11-12-23(30)28(24)29(21)34)19(4)10-13-27(33)35-9-3/h19-25,28H,7-18H2,1-6H3/t19-,20-,21-,22?,23?,24?,25?,28?,30-,31-/m1/s1. The van der Waals surface area contributed by atoms with E-state index in [4.69, 9.17) is 9.47 Å². The van der Waals surface area contributed by atoms with E-state index in [-0.39, 0.29) is 40.7 Å². The Morgan fingerprint density at radius 1 is 0.944 bits per heavy atom. The van der Waals surface area contributed by atoms with Gasteiger partial charge in [0.2, 0.25) is 0 Å². The van der Waals surface area contributed by atoms with Gasteiger partial charge in [0, 0.05) is 24.7 Å². The molecule has 0 saturated heterocycles. The van der Waals surface area contributed by atoms with E-state index in [2.05, 4.69) is 27.7 Å². The Morgan fingerprint density at radius 3 is 2.31 bits per heavy atom. The molecule has 0 N–H and O–H groups in total. The van der Waals surface area contributed by atoms with Crippen LogP contribution in [0.1, 0.15) is 112 Å². The number of hydrogen-bond donors (Lipinski definition) is 0. The fourth-order valence-corrected chi connectivity index (χ4v) is 9.75. The number of ether oxygens (including phenoxy) is 2. The van der Waals surface area contributed by atoms with Crippen molar-refractivity contribution in [2.45, 2.75) is 118 Å². The fourth-order valence-electron chi connectivity index (χ4n) is 9.75. The van der Waals surface area contributed by atoms with Crippen molar-refractivity contribution in [1.29, 1.82) is 0 Å². The van der Waals surface area contributed by atoms with Crippen LogP contribution in [0.2, 0.25) is 0 Å². The van der Waals surface area contributed by atoms with Crippen molar-refractivity contribution in [3.8, 4) is 0 Å². The summed E-state index contributed by atoms with van der Waals surface area (Å²) in [5, 5.41) is 0. The van der Waals surface area contributed by atoms with Gasteiger partial charge in [-0.1, -0.05) is 34.6 Å². The average Bonchev–Trinajstić information content (AvgIpc) is 3.21. The van der Waals surface area contributed by atoms with E-state index in [0.29, 0.717) is 54.8 Å². The molecule has 0 aromatic carbocycles. The third-order valence-electron chi connectivity index (χ3n) is 11.6. The number of ketones is 1. The number of esters is 2. The summed E-state index contributed by atoms with van der Waals surface area (Å²) in [5.41, 5.74) is 0.337. The first kappa shape index (κ1) is 27.6. The summed E-state index contributed by atoms with van der Waals surface area (Å²) in [5.74, 6) is 2.85. The molecule has 0 bridgehead atoms. The number of carbonyl (C=O) groups is 3. The van der Waals surface area contributed by atoms with Crippen molar-refractivity contribution in [2.24, 2.45) is 52.3 Å². The topological polar surface area (TPSA) is 69.7 Å². The zero-order valence-electron chi connectivity index (χ0n) is 23.6. The van der Waals surface area contributed by atoms with Crippen molar-refractivity contribution in [3.05, 3.63) is 0 Å². The van der Waals surface area contributed by atoms with E-state index in [1.165, 1.54) is 12.8 Å². The Balaban J connectivity index is 1.53. The van der Waals surface area contributed by atoms with Gasteiger partial charge >= 0.3 is 11.9 Å². The maximum absolute atomic E-state index is 14.3. The lowest BCUT2D eigenvalue weighted by Crippen LogP contribution is -2.60. The molecule has 0 aliphatic heterocycles. The second-order valence-corrected chi connectivity index (χ2v) is 13.1. The van der Waals surface area contributed by atoms with Gasteiger partial charge in [-0.05, 0) is 105 Å². The van der Waals surface area contributed by atoms with Crippen LogP contribution in [0, 0.1) is 52.3 Å². The molecule has 0 amide bonds. The summed E-state index contributed by atoms with van der Waals surface area (Å²) >= 11 is 0. The molecule has 4 aliphatic rings. The number of rotatable bonds is 8. The molecular weight excluding hydrogens is 452 g/mol. The summed E-state index contributed by atoms with van der Waals surface area (Å²) in [6, 6.07) is 0. The quantitative estimate of drug-likeness (QED) is 0.343. The van der Waals surface area contributed by atoms with Gasteiger partial charge in [-0.3, -0.25) is 14.4 Å². The molecule has 4 fully saturated rings. The van der Waals surface area contributed by atoms with Crippen LogP contribution in [-0.2, 0) is 23.9 Å². The second-order valence-electron chi connectivity index (χ2n) is 13.1. The number of fused-ring (bicyclic) bond motifs is 5. The van der Waals surface area contributed by atoms with Crippen LogP contribution < -0.4 is 0 Å². The van der Waals surface area contributed by atoms with E-state index in [1.807, 2.05) is 13.8 Å². The van der Waals surface area contributed by atoms with Crippen molar-refractivity contribution < 1.29 is 23.9 Å². The number of carbonyl (C=O) groups excluding carboxylic acids is 3. The lowest BCUT2D eigenvalue weighted by Gasteiger charge is -2.62. The van der Waals surface area contributed by atoms with Crippen LogP contribution in [0.15, 0.2) is 0 Å². The Labute approximate surface area is 218 Å². The van der Waals surface area contributed by atoms with Gasteiger partial charge in [0.25, 0.3) is 0 Å². The Hall–Kier alpha value is -1.39. The van der Waals surface area contributed by atoms with E-state index in [9.17, 15) is 14.4 Å². The molecule has 0 aromatic rings. The van der Waals surface area contributed by atoms with Crippen molar-refractivity contribution in [2.75, 3.05) is 6.61 Å². The molecular formula is C31H50O5. The van der Waals surface area contributed by atoms with E-state index < -0.39 is 0 Å². The average molecular weight is 503 g/mol. The van der Waals surface area contributed by atoms with Crippen LogP contribution in [0.4, 0.5) is 0 Å². The molecule has 10 atom stereocenters. The smallest absolute Gasteiger partial charge is 0.305 e. The van der Waals surface area contributed by atoms with Crippen molar-refractivity contribution >= 4 is 17.7 Å². The predicted molar refractivity (Wildman–Crippen MR) is 140 cm³/mol. The van der Waals surface area contributed by atoms with Gasteiger partial charge in [0.15, 0.2) is 0 Å². The monoisotopic (exact) mass is 502 g/mol. The summed E-state index contributed by atoms with van der Waals surface area (Å²) in [6.45, 7) is 13.6. The first-order valence-corrected chi connectivity index (χ1v) is 15.0. The van der Waals surface area contributed by atoms with E-state index in [0.717, 1.165) is 44.9 Å². The highest BCUT2D eigenvalue weighted by molar-refractivity contribution is 5.86. The Kier molecular flexibility index (Phi) is 8.27. The van der Waals surface area contributed by atoms with Gasteiger partial charge in [-0.25, -0.2) is 0 Å². The maximum atomic E-state index is 14.3.